The van der Waals surface area contributed by atoms with Crippen molar-refractivity contribution in [3.05, 3.63) is 0 Å². The molecule has 1 heterocycles. The van der Waals surface area contributed by atoms with Crippen LogP contribution in [0.25, 0.3) is 0 Å². The minimum Gasteiger partial charge on any atom is -0.395 e. The summed E-state index contributed by atoms with van der Waals surface area (Å²) in [5.41, 5.74) is 0. The predicted molar refractivity (Wildman–Crippen MR) is 72.0 cm³/mol. The van der Waals surface area contributed by atoms with E-state index in [0.717, 1.165) is 0 Å². The molecule has 0 bridgehead atoms. The molecular weight excluding hydrogens is 284 g/mol. The van der Waals surface area contributed by atoms with Crippen LogP contribution in [0.3, 0.4) is 0 Å². The first-order valence-corrected chi connectivity index (χ1v) is 7.61. The Bertz CT molecular complexity index is 335. The number of alkyl halides is 2. The van der Waals surface area contributed by atoms with Gasteiger partial charge in [0.1, 0.15) is 12.2 Å². The van der Waals surface area contributed by atoms with Crippen molar-refractivity contribution in [1.82, 2.24) is 4.90 Å². The van der Waals surface area contributed by atoms with Crippen LogP contribution in [-0.2, 0) is 0 Å². The van der Waals surface area contributed by atoms with E-state index >= 15 is 0 Å². The minimum atomic E-state index is -2.54. The summed E-state index contributed by atoms with van der Waals surface area (Å²) in [6.07, 6.45) is -2.01. The number of halogens is 2. The van der Waals surface area contributed by atoms with Gasteiger partial charge in [-0.25, -0.2) is 8.78 Å². The summed E-state index contributed by atoms with van der Waals surface area (Å²) in [5.74, 6) is -2.32. The molecule has 2 aliphatic rings. The van der Waals surface area contributed by atoms with Gasteiger partial charge in [0.25, 0.3) is 0 Å². The van der Waals surface area contributed by atoms with Crippen molar-refractivity contribution >= 4 is 0 Å². The van der Waals surface area contributed by atoms with E-state index in [2.05, 4.69) is 0 Å². The third-order valence-electron chi connectivity index (χ3n) is 4.88. The molecule has 0 radical (unpaired) electrons. The molecule has 0 aromatic rings. The third-order valence-corrected chi connectivity index (χ3v) is 4.88. The second-order valence-corrected chi connectivity index (χ2v) is 6.38. The zero-order valence-corrected chi connectivity index (χ0v) is 12.0. The number of nitrogens with zero attached hydrogens (tertiary/aromatic N) is 1. The van der Waals surface area contributed by atoms with E-state index in [0.29, 0.717) is 25.8 Å². The largest absolute Gasteiger partial charge is 0.395 e. The quantitative estimate of drug-likeness (QED) is 0.586. The van der Waals surface area contributed by atoms with Gasteiger partial charge in [0.05, 0.1) is 18.8 Å². The Morgan fingerprint density at radius 1 is 1.05 bits per heavy atom. The Morgan fingerprint density at radius 2 is 1.67 bits per heavy atom. The van der Waals surface area contributed by atoms with Gasteiger partial charge in [-0.1, -0.05) is 0 Å². The van der Waals surface area contributed by atoms with Crippen molar-refractivity contribution in [2.45, 2.75) is 62.4 Å². The molecule has 0 spiro atoms. The smallest absolute Gasteiger partial charge is 0.248 e. The van der Waals surface area contributed by atoms with Gasteiger partial charge in [0, 0.05) is 19.4 Å². The lowest BCUT2D eigenvalue weighted by Crippen LogP contribution is -2.62. The molecule has 5 nitrogen and oxygen atoms in total. The molecule has 7 heteroatoms. The van der Waals surface area contributed by atoms with Gasteiger partial charge in [-0.2, -0.15) is 0 Å². The Hall–Kier alpha value is -0.340. The predicted octanol–water partition coefficient (Wildman–Crippen LogP) is -0.0388. The molecule has 1 aliphatic carbocycles. The maximum atomic E-state index is 13.1. The van der Waals surface area contributed by atoms with Crippen LogP contribution in [0.2, 0.25) is 0 Å². The Kier molecular flexibility index (Phi) is 5.54. The van der Waals surface area contributed by atoms with Crippen LogP contribution < -0.4 is 0 Å². The molecule has 21 heavy (non-hydrogen) atoms. The van der Waals surface area contributed by atoms with Crippen LogP contribution in [0.15, 0.2) is 0 Å². The first kappa shape index (κ1) is 17.0. The highest BCUT2D eigenvalue weighted by Gasteiger charge is 2.41. The molecular formula is C14H25F2NO4. The number of β-amino-alcohol motifs (C(OH)–C–C–N with tert-alkyl or cyclic N) is 1. The number of aliphatic hydroxyl groups is 4. The third kappa shape index (κ3) is 4.10. The number of piperidine rings is 1. The molecule has 1 aliphatic heterocycles. The summed E-state index contributed by atoms with van der Waals surface area (Å²) >= 11 is 0. The van der Waals surface area contributed by atoms with Crippen LogP contribution >= 0.6 is 0 Å². The van der Waals surface area contributed by atoms with Crippen molar-refractivity contribution in [1.29, 1.82) is 0 Å². The van der Waals surface area contributed by atoms with Crippen molar-refractivity contribution in [2.75, 3.05) is 19.7 Å². The first-order valence-electron chi connectivity index (χ1n) is 7.61. The molecule has 2 fully saturated rings. The maximum absolute atomic E-state index is 13.1. The highest BCUT2D eigenvalue weighted by Crippen LogP contribution is 2.37. The van der Waals surface area contributed by atoms with Gasteiger partial charge in [-0.05, 0) is 31.7 Å². The molecule has 0 aromatic carbocycles. The van der Waals surface area contributed by atoms with Gasteiger partial charge < -0.3 is 20.4 Å². The molecule has 0 amide bonds. The molecule has 2 rings (SSSR count). The Balaban J connectivity index is 1.84. The van der Waals surface area contributed by atoms with Crippen molar-refractivity contribution in [3.63, 3.8) is 0 Å². The van der Waals surface area contributed by atoms with Gasteiger partial charge in [-0.15, -0.1) is 0 Å². The maximum Gasteiger partial charge on any atom is 0.248 e. The number of rotatable bonds is 4. The number of hydrogen-bond acceptors (Lipinski definition) is 5. The standard InChI is InChI=1S/C14H25F2NO4/c15-14(16)4-1-9(2-5-14)3-6-17-7-11(19)13(21)12(20)10(17)8-18/h9-13,18-21H,1-8H2/t10-,11+,12-,13-/m1/s1. The molecule has 0 aromatic heterocycles. The fourth-order valence-corrected chi connectivity index (χ4v) is 3.37. The number of hydrogen-bond donors (Lipinski definition) is 4. The van der Waals surface area contributed by atoms with E-state index in [1.165, 1.54) is 0 Å². The second-order valence-electron chi connectivity index (χ2n) is 6.38. The summed E-state index contributed by atoms with van der Waals surface area (Å²) in [6, 6.07) is -0.617. The minimum absolute atomic E-state index is 0.0783. The van der Waals surface area contributed by atoms with E-state index < -0.39 is 30.3 Å². The monoisotopic (exact) mass is 309 g/mol. The van der Waals surface area contributed by atoms with E-state index in [-0.39, 0.29) is 31.9 Å². The number of likely N-dealkylation sites (tertiary alicyclic amines) is 1. The molecule has 4 N–H and O–H groups in total. The Labute approximate surface area is 123 Å². The van der Waals surface area contributed by atoms with Gasteiger partial charge >= 0.3 is 0 Å². The SMILES string of the molecule is OC[C@@H]1[C@@H](O)[C@H](O)[C@@H](O)CN1CCC1CCC(F)(F)CC1. The molecule has 1 saturated heterocycles. The van der Waals surface area contributed by atoms with E-state index in [9.17, 15) is 29.2 Å². The first-order chi connectivity index (χ1) is 9.84. The zero-order chi connectivity index (χ0) is 15.6. The van der Waals surface area contributed by atoms with E-state index in [1.807, 2.05) is 0 Å². The van der Waals surface area contributed by atoms with Crippen molar-refractivity contribution in [3.8, 4) is 0 Å². The highest BCUT2D eigenvalue weighted by molar-refractivity contribution is 4.94. The van der Waals surface area contributed by atoms with E-state index in [1.54, 1.807) is 4.90 Å². The van der Waals surface area contributed by atoms with Gasteiger partial charge in [0.2, 0.25) is 5.92 Å². The zero-order valence-electron chi connectivity index (χ0n) is 12.0. The van der Waals surface area contributed by atoms with Gasteiger partial charge in [-0.3, -0.25) is 4.90 Å². The van der Waals surface area contributed by atoms with Crippen LogP contribution in [0.4, 0.5) is 8.78 Å². The fourth-order valence-electron chi connectivity index (χ4n) is 3.37. The van der Waals surface area contributed by atoms with Crippen LogP contribution in [-0.4, -0.2) is 75.3 Å². The van der Waals surface area contributed by atoms with Crippen LogP contribution in [0.1, 0.15) is 32.1 Å². The summed E-state index contributed by atoms with van der Waals surface area (Å²) in [5, 5.41) is 38.5. The van der Waals surface area contributed by atoms with Crippen molar-refractivity contribution in [2.24, 2.45) is 5.92 Å². The molecule has 124 valence electrons. The summed E-state index contributed by atoms with van der Waals surface area (Å²) in [6.45, 7) is 0.377. The summed E-state index contributed by atoms with van der Waals surface area (Å²) in [4.78, 5) is 1.74. The Morgan fingerprint density at radius 3 is 2.24 bits per heavy atom. The molecule has 4 atom stereocenters. The van der Waals surface area contributed by atoms with E-state index in [4.69, 9.17) is 0 Å². The van der Waals surface area contributed by atoms with Gasteiger partial charge in [0.15, 0.2) is 0 Å². The lowest BCUT2D eigenvalue weighted by Gasteiger charge is -2.43. The van der Waals surface area contributed by atoms with Crippen LogP contribution in [0, 0.1) is 5.92 Å². The molecule has 1 saturated carbocycles. The normalized spacial score (nSPS) is 38.6. The fraction of sp³-hybridized carbons (Fsp3) is 1.00. The summed E-state index contributed by atoms with van der Waals surface area (Å²) in [7, 11) is 0. The van der Waals surface area contributed by atoms with Crippen LogP contribution in [0.5, 0.6) is 0 Å². The van der Waals surface area contributed by atoms with Crippen molar-refractivity contribution < 1.29 is 29.2 Å². The average molecular weight is 309 g/mol. The second kappa shape index (κ2) is 6.83. The average Bonchev–Trinajstić information content (AvgIpc) is 2.44. The topological polar surface area (TPSA) is 84.2 Å². The highest BCUT2D eigenvalue weighted by atomic mass is 19.3. The lowest BCUT2D eigenvalue weighted by molar-refractivity contribution is -0.146. The number of aliphatic hydroxyl groups excluding tert-OH is 4. The molecule has 0 unspecified atom stereocenters. The lowest BCUT2D eigenvalue weighted by atomic mass is 9.84. The summed E-state index contributed by atoms with van der Waals surface area (Å²) < 4.78 is 26.2.